The number of hydrogen-bond donors (Lipinski definition) is 3. The predicted octanol–water partition coefficient (Wildman–Crippen LogP) is 1.97. The number of furan rings is 1. The summed E-state index contributed by atoms with van der Waals surface area (Å²) < 4.78 is 11.2. The summed E-state index contributed by atoms with van der Waals surface area (Å²) >= 11 is 0. The van der Waals surface area contributed by atoms with E-state index in [1.165, 1.54) is 0 Å². The van der Waals surface area contributed by atoms with Gasteiger partial charge < -0.3 is 20.2 Å². The van der Waals surface area contributed by atoms with E-state index < -0.39 is 5.85 Å². The lowest BCUT2D eigenvalue weighted by Crippen LogP contribution is -2.54. The molecule has 3 rings (SSSR count). The molecule has 0 amide bonds. The van der Waals surface area contributed by atoms with E-state index in [0.717, 1.165) is 28.5 Å². The van der Waals surface area contributed by atoms with Gasteiger partial charge in [-0.3, -0.25) is 5.73 Å². The lowest BCUT2D eigenvalue weighted by molar-refractivity contribution is -0.0410. The second-order valence-electron chi connectivity index (χ2n) is 4.91. The van der Waals surface area contributed by atoms with Crippen LogP contribution in [-0.4, -0.2) is 5.85 Å². The van der Waals surface area contributed by atoms with Crippen LogP contribution in [0.5, 0.6) is 0 Å². The van der Waals surface area contributed by atoms with Crippen LogP contribution >= 0.6 is 0 Å². The predicted molar refractivity (Wildman–Crippen MR) is 73.3 cm³/mol. The fraction of sp³-hybridized carbons (Fsp3) is 0.286. The van der Waals surface area contributed by atoms with Crippen molar-refractivity contribution in [1.82, 2.24) is 0 Å². The molecule has 1 unspecified atom stereocenters. The Morgan fingerprint density at radius 1 is 1.32 bits per heavy atom. The second-order valence-corrected chi connectivity index (χ2v) is 4.91. The van der Waals surface area contributed by atoms with Gasteiger partial charge >= 0.3 is 0 Å². The first-order valence-electron chi connectivity index (χ1n) is 6.19. The first-order chi connectivity index (χ1) is 9.04. The average Bonchev–Trinajstić information content (AvgIpc) is 2.75. The molecule has 1 aliphatic rings. The van der Waals surface area contributed by atoms with Gasteiger partial charge in [0.05, 0.1) is 13.0 Å². The molecule has 1 aliphatic heterocycles. The Labute approximate surface area is 111 Å². The molecule has 0 radical (unpaired) electrons. The smallest absolute Gasteiger partial charge is 0.200 e. The molecule has 5 N–H and O–H groups in total. The lowest BCUT2D eigenvalue weighted by Gasteiger charge is -2.36. The number of ether oxygens (including phenoxy) is 1. The van der Waals surface area contributed by atoms with Gasteiger partial charge in [0.2, 0.25) is 0 Å². The van der Waals surface area contributed by atoms with E-state index in [0.29, 0.717) is 13.0 Å². The van der Waals surface area contributed by atoms with Crippen LogP contribution < -0.4 is 16.8 Å². The summed E-state index contributed by atoms with van der Waals surface area (Å²) in [4.78, 5) is 0. The molecule has 0 saturated heterocycles. The van der Waals surface area contributed by atoms with Crippen molar-refractivity contribution in [2.24, 2.45) is 5.73 Å². The van der Waals surface area contributed by atoms with Gasteiger partial charge in [-0.2, -0.15) is 0 Å². The van der Waals surface area contributed by atoms with Crippen LogP contribution in [-0.2, 0) is 17.8 Å². The zero-order chi connectivity index (χ0) is 13.5. The molecule has 2 heterocycles. The molecule has 0 aliphatic carbocycles. The van der Waals surface area contributed by atoms with Crippen molar-refractivity contribution >= 4 is 11.4 Å². The van der Waals surface area contributed by atoms with Gasteiger partial charge in [-0.25, -0.2) is 0 Å². The van der Waals surface area contributed by atoms with Gasteiger partial charge in [0.15, 0.2) is 5.85 Å². The monoisotopic (exact) mass is 259 g/mol. The zero-order valence-electron chi connectivity index (χ0n) is 10.8. The molecule has 2 aromatic rings. The number of nitrogen functional groups attached to an aromatic ring is 1. The van der Waals surface area contributed by atoms with Crippen molar-refractivity contribution in [2.75, 3.05) is 11.1 Å². The summed E-state index contributed by atoms with van der Waals surface area (Å²) in [5.41, 5.74) is 14.7. The van der Waals surface area contributed by atoms with E-state index in [1.54, 1.807) is 0 Å². The molecule has 5 nitrogen and oxygen atoms in total. The molecule has 100 valence electrons. The fourth-order valence-corrected chi connectivity index (χ4v) is 2.26. The van der Waals surface area contributed by atoms with Gasteiger partial charge in [-0.15, -0.1) is 0 Å². The van der Waals surface area contributed by atoms with Crippen molar-refractivity contribution in [1.29, 1.82) is 0 Å². The van der Waals surface area contributed by atoms with Crippen LogP contribution in [0.3, 0.4) is 0 Å². The Hall–Kier alpha value is -1.98. The van der Waals surface area contributed by atoms with Gasteiger partial charge in [0, 0.05) is 16.9 Å². The highest BCUT2D eigenvalue weighted by Crippen LogP contribution is 2.29. The summed E-state index contributed by atoms with van der Waals surface area (Å²) in [7, 11) is 0. The highest BCUT2D eigenvalue weighted by atomic mass is 16.5. The number of aryl methyl sites for hydroxylation is 1. The van der Waals surface area contributed by atoms with E-state index >= 15 is 0 Å². The molecule has 5 heteroatoms. The molecule has 0 fully saturated rings. The molecule has 1 atom stereocenters. The first kappa shape index (κ1) is 12.1. The van der Waals surface area contributed by atoms with Crippen molar-refractivity contribution in [3.8, 4) is 0 Å². The summed E-state index contributed by atoms with van der Waals surface area (Å²) in [6, 6.07) is 9.47. The quantitative estimate of drug-likeness (QED) is 0.718. The second kappa shape index (κ2) is 4.29. The molecular formula is C14H17N3O2. The maximum atomic E-state index is 6.23. The molecular weight excluding hydrogens is 242 g/mol. The van der Waals surface area contributed by atoms with Gasteiger partial charge in [-0.05, 0) is 37.3 Å². The first-order valence-corrected chi connectivity index (χ1v) is 6.19. The van der Waals surface area contributed by atoms with E-state index in [2.05, 4.69) is 5.32 Å². The average molecular weight is 259 g/mol. The van der Waals surface area contributed by atoms with Crippen LogP contribution in [0.4, 0.5) is 11.4 Å². The number of rotatable bonds is 2. The number of fused-ring (bicyclic) bond motifs is 1. The molecule has 0 bridgehead atoms. The number of nitrogens with one attached hydrogen (secondary N) is 1. The number of nitrogens with two attached hydrogens (primary N) is 2. The normalized spacial score (nSPS) is 21.8. The van der Waals surface area contributed by atoms with Crippen molar-refractivity contribution in [3.05, 3.63) is 47.4 Å². The van der Waals surface area contributed by atoms with Crippen LogP contribution in [0.25, 0.3) is 0 Å². The third kappa shape index (κ3) is 2.43. The van der Waals surface area contributed by atoms with E-state index in [9.17, 15) is 0 Å². The van der Waals surface area contributed by atoms with E-state index in [1.807, 2.05) is 37.3 Å². The molecule has 1 aromatic heterocycles. The maximum absolute atomic E-state index is 6.23. The SMILES string of the molecule is Cc1ccc(CC2(N)Nc3ccc(N)cc3CO2)o1. The number of hydrogen-bond acceptors (Lipinski definition) is 5. The van der Waals surface area contributed by atoms with Crippen LogP contribution in [0, 0.1) is 6.92 Å². The largest absolute Gasteiger partial charge is 0.466 e. The number of anilines is 2. The molecule has 0 spiro atoms. The summed E-state index contributed by atoms with van der Waals surface area (Å²) in [6.45, 7) is 2.34. The zero-order valence-corrected chi connectivity index (χ0v) is 10.8. The third-order valence-corrected chi connectivity index (χ3v) is 3.19. The third-order valence-electron chi connectivity index (χ3n) is 3.19. The molecule has 0 saturated carbocycles. The molecule has 19 heavy (non-hydrogen) atoms. The Bertz CT molecular complexity index is 608. The minimum atomic E-state index is -0.951. The van der Waals surface area contributed by atoms with Gasteiger partial charge in [0.25, 0.3) is 0 Å². The van der Waals surface area contributed by atoms with Crippen LogP contribution in [0.15, 0.2) is 34.7 Å². The standard InChI is InChI=1S/C14H17N3O2/c1-9-2-4-12(19-9)7-14(16)17-13-5-3-11(15)6-10(13)8-18-14/h2-6,17H,7-8,15-16H2,1H3. The minimum Gasteiger partial charge on any atom is -0.466 e. The Morgan fingerprint density at radius 3 is 2.89 bits per heavy atom. The van der Waals surface area contributed by atoms with Crippen molar-refractivity contribution < 1.29 is 9.15 Å². The fourth-order valence-electron chi connectivity index (χ4n) is 2.26. The van der Waals surface area contributed by atoms with E-state index in [-0.39, 0.29) is 0 Å². The highest BCUT2D eigenvalue weighted by molar-refractivity contribution is 5.59. The highest BCUT2D eigenvalue weighted by Gasteiger charge is 2.32. The van der Waals surface area contributed by atoms with Crippen LogP contribution in [0.2, 0.25) is 0 Å². The topological polar surface area (TPSA) is 86.4 Å². The number of benzene rings is 1. The summed E-state index contributed by atoms with van der Waals surface area (Å²) in [5, 5.41) is 3.20. The minimum absolute atomic E-state index is 0.434. The Kier molecular flexibility index (Phi) is 2.73. The Balaban J connectivity index is 1.81. The van der Waals surface area contributed by atoms with Gasteiger partial charge in [-0.1, -0.05) is 0 Å². The van der Waals surface area contributed by atoms with Gasteiger partial charge in [0.1, 0.15) is 11.5 Å². The lowest BCUT2D eigenvalue weighted by atomic mass is 10.1. The summed E-state index contributed by atoms with van der Waals surface area (Å²) in [5.74, 6) is 0.710. The van der Waals surface area contributed by atoms with Crippen molar-refractivity contribution in [2.45, 2.75) is 25.8 Å². The summed E-state index contributed by atoms with van der Waals surface area (Å²) in [6.07, 6.45) is 0.463. The van der Waals surface area contributed by atoms with E-state index in [4.69, 9.17) is 20.6 Å². The van der Waals surface area contributed by atoms with Crippen molar-refractivity contribution in [3.63, 3.8) is 0 Å². The Morgan fingerprint density at radius 2 is 2.16 bits per heavy atom. The molecule has 1 aromatic carbocycles. The van der Waals surface area contributed by atoms with Crippen LogP contribution in [0.1, 0.15) is 17.1 Å². The maximum Gasteiger partial charge on any atom is 0.200 e.